The molecule has 2 aliphatic rings. The van der Waals surface area contributed by atoms with Crippen LogP contribution in [0.3, 0.4) is 0 Å². The second kappa shape index (κ2) is 12.0. The topological polar surface area (TPSA) is 80.0 Å². The van der Waals surface area contributed by atoms with Crippen molar-refractivity contribution in [2.45, 2.75) is 85.2 Å². The van der Waals surface area contributed by atoms with Crippen molar-refractivity contribution in [2.75, 3.05) is 31.6 Å². The van der Waals surface area contributed by atoms with Crippen LogP contribution in [0.2, 0.25) is 0 Å². The summed E-state index contributed by atoms with van der Waals surface area (Å²) in [4.78, 5) is 34.2. The third-order valence-corrected chi connectivity index (χ3v) is 9.22. The first-order valence-corrected chi connectivity index (χ1v) is 15.3. The maximum atomic E-state index is 15.1. The smallest absolute Gasteiger partial charge is 0.306 e. The summed E-state index contributed by atoms with van der Waals surface area (Å²) < 4.78 is 21.8. The summed E-state index contributed by atoms with van der Waals surface area (Å²) in [5.41, 5.74) is 5.60. The number of halogens is 1. The van der Waals surface area contributed by atoms with Gasteiger partial charge in [-0.15, -0.1) is 0 Å². The molecule has 2 atom stereocenters. The molecule has 1 saturated carbocycles. The highest BCUT2D eigenvalue weighted by molar-refractivity contribution is 5.93. The first-order chi connectivity index (χ1) is 20.0. The van der Waals surface area contributed by atoms with Crippen LogP contribution in [0.25, 0.3) is 5.65 Å². The fourth-order valence-electron chi connectivity index (χ4n) is 6.64. The molecule has 1 aromatic carbocycles. The molecule has 0 N–H and O–H groups in total. The molecule has 42 heavy (non-hydrogen) atoms. The number of hydrogen-bond acceptors (Lipinski definition) is 6. The minimum atomic E-state index is -1.30. The van der Waals surface area contributed by atoms with Gasteiger partial charge in [0.05, 0.1) is 19.6 Å². The number of carbonyl (C=O) groups excluding carboxylic acids is 2. The summed E-state index contributed by atoms with van der Waals surface area (Å²) >= 11 is 0. The summed E-state index contributed by atoms with van der Waals surface area (Å²) in [6.07, 6.45) is 3.57. The van der Waals surface area contributed by atoms with Crippen molar-refractivity contribution in [3.63, 3.8) is 0 Å². The number of para-hydroxylation sites is 1. The Labute approximate surface area is 248 Å². The first kappa shape index (κ1) is 30.0. The van der Waals surface area contributed by atoms with E-state index in [1.807, 2.05) is 7.05 Å². The molecule has 8 nitrogen and oxygen atoms in total. The molecule has 5 rings (SSSR count). The van der Waals surface area contributed by atoms with E-state index in [9.17, 15) is 9.59 Å². The fourth-order valence-corrected chi connectivity index (χ4v) is 6.64. The van der Waals surface area contributed by atoms with E-state index in [0.29, 0.717) is 29.9 Å². The van der Waals surface area contributed by atoms with Gasteiger partial charge >= 0.3 is 5.97 Å². The van der Waals surface area contributed by atoms with Crippen LogP contribution in [-0.4, -0.2) is 64.3 Å². The van der Waals surface area contributed by atoms with E-state index in [2.05, 4.69) is 56.9 Å². The summed E-state index contributed by atoms with van der Waals surface area (Å²) in [5.74, 6) is 0.0192. The van der Waals surface area contributed by atoms with Gasteiger partial charge in [-0.3, -0.25) is 9.59 Å². The average molecular weight is 578 g/mol. The lowest BCUT2D eigenvalue weighted by atomic mass is 9.72. The maximum Gasteiger partial charge on any atom is 0.306 e. The second-order valence-corrected chi connectivity index (χ2v) is 12.9. The van der Waals surface area contributed by atoms with Gasteiger partial charge in [0.15, 0.2) is 11.3 Å². The van der Waals surface area contributed by atoms with Crippen molar-refractivity contribution in [3.05, 3.63) is 52.8 Å². The molecule has 2 unspecified atom stereocenters. The number of nitrogens with zero attached hydrogens (tertiary/aromatic N) is 5. The largest absolute Gasteiger partial charge is 0.466 e. The van der Waals surface area contributed by atoms with Crippen LogP contribution in [0.4, 0.5) is 15.9 Å². The highest BCUT2D eigenvalue weighted by atomic mass is 19.1. The SMILES string of the molecule is CCOC(=O)CC1CCN(C(=O)c2cc3nc(C4CCC(C)(C)CC4)cc(N(C)c4c(C)cccc4C)n3n2)CC1F. The predicted octanol–water partition coefficient (Wildman–Crippen LogP) is 6.55. The van der Waals surface area contributed by atoms with Crippen molar-refractivity contribution in [1.29, 1.82) is 0 Å². The number of alkyl halides is 1. The molecular weight excluding hydrogens is 533 g/mol. The highest BCUT2D eigenvalue weighted by Gasteiger charge is 2.35. The lowest BCUT2D eigenvalue weighted by molar-refractivity contribution is -0.145. The monoisotopic (exact) mass is 577 g/mol. The number of aryl methyl sites for hydroxylation is 2. The number of hydrogen-bond donors (Lipinski definition) is 0. The van der Waals surface area contributed by atoms with Crippen molar-refractivity contribution in [1.82, 2.24) is 19.5 Å². The normalized spacial score (nSPS) is 21.0. The molecule has 3 aromatic rings. The highest BCUT2D eigenvalue weighted by Crippen LogP contribution is 2.43. The number of likely N-dealkylation sites (tertiary alicyclic amines) is 1. The van der Waals surface area contributed by atoms with Gasteiger partial charge in [-0.1, -0.05) is 32.0 Å². The molecule has 1 aliphatic carbocycles. The summed E-state index contributed by atoms with van der Waals surface area (Å²) in [6, 6.07) is 10.1. The zero-order chi connectivity index (χ0) is 30.2. The molecule has 1 saturated heterocycles. The maximum absolute atomic E-state index is 15.1. The van der Waals surface area contributed by atoms with Crippen LogP contribution in [0.1, 0.15) is 92.5 Å². The van der Waals surface area contributed by atoms with Gasteiger partial charge in [0.25, 0.3) is 5.91 Å². The Hall–Kier alpha value is -3.49. The van der Waals surface area contributed by atoms with E-state index in [0.717, 1.165) is 54.0 Å². The number of ether oxygens (including phenoxy) is 1. The minimum absolute atomic E-state index is 0.0322. The molecule has 0 radical (unpaired) electrons. The van der Waals surface area contributed by atoms with Crippen LogP contribution in [0, 0.1) is 25.2 Å². The van der Waals surface area contributed by atoms with E-state index in [4.69, 9.17) is 14.8 Å². The quantitative estimate of drug-likeness (QED) is 0.296. The molecule has 9 heteroatoms. The number of anilines is 2. The Morgan fingerprint density at radius 2 is 1.81 bits per heavy atom. The molecule has 0 spiro atoms. The van der Waals surface area contributed by atoms with Crippen LogP contribution >= 0.6 is 0 Å². The van der Waals surface area contributed by atoms with Gasteiger partial charge in [-0.05, 0) is 69.4 Å². The number of amides is 1. The van der Waals surface area contributed by atoms with E-state index >= 15 is 4.39 Å². The molecule has 0 bridgehead atoms. The Bertz CT molecular complexity index is 1440. The lowest BCUT2D eigenvalue weighted by Crippen LogP contribution is -2.45. The Morgan fingerprint density at radius 1 is 1.12 bits per heavy atom. The molecule has 1 aliphatic heterocycles. The van der Waals surface area contributed by atoms with Crippen LogP contribution in [0.5, 0.6) is 0 Å². The first-order valence-electron chi connectivity index (χ1n) is 15.3. The molecular formula is C33H44FN5O3. The number of benzene rings is 1. The predicted molar refractivity (Wildman–Crippen MR) is 162 cm³/mol. The standard InChI is InChI=1S/C33H44FN5O3/c1-7-42-30(40)17-24-13-16-38(20-25(24)34)32(41)27-18-28-35-26(23-11-14-33(4,5)15-12-23)19-29(39(28)36-27)37(6)31-21(2)9-8-10-22(31)3/h8-10,18-19,23-25H,7,11-17,20H2,1-6H3. The zero-order valence-electron chi connectivity index (χ0n) is 25.8. The van der Waals surface area contributed by atoms with Gasteiger partial charge in [-0.2, -0.15) is 9.61 Å². The summed E-state index contributed by atoms with van der Waals surface area (Å²) in [6.45, 7) is 11.2. The van der Waals surface area contributed by atoms with Gasteiger partial charge in [0.2, 0.25) is 0 Å². The van der Waals surface area contributed by atoms with E-state index in [1.165, 1.54) is 4.90 Å². The van der Waals surface area contributed by atoms with Crippen LogP contribution < -0.4 is 4.90 Å². The van der Waals surface area contributed by atoms with Crippen LogP contribution in [0.15, 0.2) is 30.3 Å². The minimum Gasteiger partial charge on any atom is -0.466 e. The Morgan fingerprint density at radius 3 is 2.45 bits per heavy atom. The lowest BCUT2D eigenvalue weighted by Gasteiger charge is -2.34. The molecule has 226 valence electrons. The number of piperidine rings is 1. The number of fused-ring (bicyclic) bond motifs is 1. The number of rotatable bonds is 7. The van der Waals surface area contributed by atoms with Gasteiger partial charge in [0, 0.05) is 48.9 Å². The van der Waals surface area contributed by atoms with Crippen molar-refractivity contribution < 1.29 is 18.7 Å². The summed E-state index contributed by atoms with van der Waals surface area (Å²) in [7, 11) is 2.03. The Balaban J connectivity index is 1.47. The molecule has 3 heterocycles. The van der Waals surface area contributed by atoms with Gasteiger partial charge in [-0.25, -0.2) is 9.37 Å². The van der Waals surface area contributed by atoms with Crippen molar-refractivity contribution in [2.24, 2.45) is 11.3 Å². The Kier molecular flexibility index (Phi) is 8.58. The van der Waals surface area contributed by atoms with Crippen molar-refractivity contribution in [3.8, 4) is 0 Å². The molecule has 1 amide bonds. The third-order valence-electron chi connectivity index (χ3n) is 9.22. The number of esters is 1. The van der Waals surface area contributed by atoms with Gasteiger partial charge < -0.3 is 14.5 Å². The number of aromatic nitrogens is 3. The third kappa shape index (κ3) is 6.15. The van der Waals surface area contributed by atoms with E-state index in [-0.39, 0.29) is 31.2 Å². The number of carbonyl (C=O) groups is 2. The summed E-state index contributed by atoms with van der Waals surface area (Å²) in [5, 5.41) is 4.74. The van der Waals surface area contributed by atoms with Crippen molar-refractivity contribution >= 4 is 29.0 Å². The average Bonchev–Trinajstić information content (AvgIpc) is 3.37. The second-order valence-electron chi connectivity index (χ2n) is 12.9. The van der Waals surface area contributed by atoms with Crippen LogP contribution in [-0.2, 0) is 9.53 Å². The molecule has 2 fully saturated rings. The fraction of sp³-hybridized carbons (Fsp3) is 0.576. The van der Waals surface area contributed by atoms with Gasteiger partial charge in [0.1, 0.15) is 12.0 Å². The van der Waals surface area contributed by atoms with E-state index in [1.54, 1.807) is 17.5 Å². The molecule has 2 aromatic heterocycles. The zero-order valence-corrected chi connectivity index (χ0v) is 25.8. The van der Waals surface area contributed by atoms with E-state index < -0.39 is 18.1 Å².